The zero-order chi connectivity index (χ0) is 12.5. The summed E-state index contributed by atoms with van der Waals surface area (Å²) in [5, 5.41) is 3.25. The Kier molecular flexibility index (Phi) is 2.76. The maximum absolute atomic E-state index is 5.93. The summed E-state index contributed by atoms with van der Waals surface area (Å²) in [6.45, 7) is 0.277. The van der Waals surface area contributed by atoms with Crippen molar-refractivity contribution in [2.75, 3.05) is 17.8 Å². The van der Waals surface area contributed by atoms with E-state index >= 15 is 0 Å². The lowest BCUT2D eigenvalue weighted by Gasteiger charge is -2.10. The molecular weight excluding hydrogens is 296 g/mol. The summed E-state index contributed by atoms with van der Waals surface area (Å²) in [6, 6.07) is 11.4. The van der Waals surface area contributed by atoms with E-state index in [1.165, 1.54) is 0 Å². The number of rotatable bonds is 2. The van der Waals surface area contributed by atoms with Gasteiger partial charge in [0.1, 0.15) is 0 Å². The molecule has 2 aromatic carbocycles. The lowest BCUT2D eigenvalue weighted by molar-refractivity contribution is 0.174. The van der Waals surface area contributed by atoms with Crippen molar-refractivity contribution in [3.63, 3.8) is 0 Å². The molecule has 0 aliphatic carbocycles. The summed E-state index contributed by atoms with van der Waals surface area (Å²) in [5.74, 6) is 1.51. The molecule has 2 aromatic rings. The molecular formula is C13H11BrN2O2. The Labute approximate surface area is 113 Å². The number of benzene rings is 2. The van der Waals surface area contributed by atoms with Crippen LogP contribution in [0.3, 0.4) is 0 Å². The quantitative estimate of drug-likeness (QED) is 0.834. The molecule has 0 aromatic heterocycles. The van der Waals surface area contributed by atoms with Crippen LogP contribution in [0.1, 0.15) is 0 Å². The second kappa shape index (κ2) is 4.42. The minimum atomic E-state index is 0.277. The van der Waals surface area contributed by atoms with E-state index in [9.17, 15) is 0 Å². The van der Waals surface area contributed by atoms with Gasteiger partial charge in [-0.05, 0) is 30.3 Å². The van der Waals surface area contributed by atoms with E-state index in [2.05, 4.69) is 21.2 Å². The van der Waals surface area contributed by atoms with Crippen molar-refractivity contribution in [3.8, 4) is 11.5 Å². The topological polar surface area (TPSA) is 56.5 Å². The number of nitrogens with two attached hydrogens (primary N) is 1. The summed E-state index contributed by atoms with van der Waals surface area (Å²) < 4.78 is 11.5. The van der Waals surface area contributed by atoms with Gasteiger partial charge in [0.05, 0.1) is 11.4 Å². The Morgan fingerprint density at radius 1 is 1.06 bits per heavy atom. The fraction of sp³-hybridized carbons (Fsp3) is 0.0769. The van der Waals surface area contributed by atoms with Gasteiger partial charge in [-0.3, -0.25) is 0 Å². The van der Waals surface area contributed by atoms with Crippen molar-refractivity contribution in [2.24, 2.45) is 0 Å². The van der Waals surface area contributed by atoms with E-state index in [-0.39, 0.29) is 6.79 Å². The molecule has 0 radical (unpaired) electrons. The van der Waals surface area contributed by atoms with E-state index in [0.29, 0.717) is 5.69 Å². The van der Waals surface area contributed by atoms with Crippen LogP contribution in [0.5, 0.6) is 11.5 Å². The first-order chi connectivity index (χ1) is 8.72. The van der Waals surface area contributed by atoms with Gasteiger partial charge in [0, 0.05) is 16.2 Å². The van der Waals surface area contributed by atoms with E-state index < -0.39 is 0 Å². The zero-order valence-electron chi connectivity index (χ0n) is 9.44. The minimum Gasteiger partial charge on any atom is -0.454 e. The molecule has 92 valence electrons. The first kappa shape index (κ1) is 11.2. The van der Waals surface area contributed by atoms with Crippen molar-refractivity contribution in [1.29, 1.82) is 0 Å². The largest absolute Gasteiger partial charge is 0.454 e. The molecule has 1 aliphatic rings. The van der Waals surface area contributed by atoms with E-state index in [4.69, 9.17) is 15.2 Å². The lowest BCUT2D eigenvalue weighted by Crippen LogP contribution is -1.96. The Balaban J connectivity index is 1.88. The Bertz CT molecular complexity index is 602. The Hall–Kier alpha value is -1.88. The smallest absolute Gasteiger partial charge is 0.231 e. The third kappa shape index (κ3) is 2.09. The monoisotopic (exact) mass is 306 g/mol. The van der Waals surface area contributed by atoms with Crippen LogP contribution in [0.25, 0.3) is 0 Å². The second-order valence-corrected chi connectivity index (χ2v) is 4.84. The summed E-state index contributed by atoms with van der Waals surface area (Å²) in [4.78, 5) is 0. The predicted molar refractivity (Wildman–Crippen MR) is 74.4 cm³/mol. The first-order valence-electron chi connectivity index (χ1n) is 5.44. The molecule has 18 heavy (non-hydrogen) atoms. The van der Waals surface area contributed by atoms with Crippen molar-refractivity contribution in [2.45, 2.75) is 0 Å². The third-order valence-electron chi connectivity index (χ3n) is 2.67. The van der Waals surface area contributed by atoms with Gasteiger partial charge < -0.3 is 20.5 Å². The van der Waals surface area contributed by atoms with Crippen LogP contribution in [0.15, 0.2) is 40.9 Å². The van der Waals surface area contributed by atoms with Gasteiger partial charge in [-0.15, -0.1) is 0 Å². The van der Waals surface area contributed by atoms with Crippen molar-refractivity contribution in [1.82, 2.24) is 0 Å². The van der Waals surface area contributed by atoms with Crippen molar-refractivity contribution < 1.29 is 9.47 Å². The average molecular weight is 307 g/mol. The summed E-state index contributed by atoms with van der Waals surface area (Å²) in [6.07, 6.45) is 0. The predicted octanol–water partition coefficient (Wildman–Crippen LogP) is 3.50. The fourth-order valence-corrected chi connectivity index (χ4v) is 2.16. The number of anilines is 3. The van der Waals surface area contributed by atoms with E-state index in [1.807, 2.05) is 36.4 Å². The van der Waals surface area contributed by atoms with E-state index in [0.717, 1.165) is 27.3 Å². The van der Waals surface area contributed by atoms with Crippen LogP contribution in [-0.4, -0.2) is 6.79 Å². The van der Waals surface area contributed by atoms with E-state index in [1.54, 1.807) is 0 Å². The fourth-order valence-electron chi connectivity index (χ4n) is 1.78. The minimum absolute atomic E-state index is 0.277. The SMILES string of the molecule is Nc1cc(Br)ccc1Nc1ccc2c(c1)OCO2. The number of hydrogen-bond donors (Lipinski definition) is 2. The molecule has 0 spiro atoms. The number of hydrogen-bond acceptors (Lipinski definition) is 4. The lowest BCUT2D eigenvalue weighted by atomic mass is 10.2. The summed E-state index contributed by atoms with van der Waals surface area (Å²) >= 11 is 3.38. The second-order valence-electron chi connectivity index (χ2n) is 3.92. The molecule has 0 unspecified atom stereocenters. The standard InChI is InChI=1S/C13H11BrN2O2/c14-8-1-3-11(10(15)5-8)16-9-2-4-12-13(6-9)18-7-17-12/h1-6,16H,7,15H2. The molecule has 3 N–H and O–H groups in total. The van der Waals surface area contributed by atoms with Gasteiger partial charge in [-0.2, -0.15) is 0 Å². The highest BCUT2D eigenvalue weighted by molar-refractivity contribution is 9.10. The Morgan fingerprint density at radius 2 is 1.89 bits per heavy atom. The molecule has 3 rings (SSSR count). The third-order valence-corrected chi connectivity index (χ3v) is 3.16. The van der Waals surface area contributed by atoms with Gasteiger partial charge in [0.15, 0.2) is 11.5 Å². The Morgan fingerprint density at radius 3 is 2.72 bits per heavy atom. The molecule has 4 nitrogen and oxygen atoms in total. The number of halogens is 1. The van der Waals surface area contributed by atoms with Gasteiger partial charge in [0.25, 0.3) is 0 Å². The van der Waals surface area contributed by atoms with Crippen LogP contribution in [0.4, 0.5) is 17.1 Å². The molecule has 0 fully saturated rings. The van der Waals surface area contributed by atoms with Crippen LogP contribution >= 0.6 is 15.9 Å². The molecule has 0 bridgehead atoms. The van der Waals surface area contributed by atoms with Gasteiger partial charge in [-0.1, -0.05) is 15.9 Å². The number of nitrogens with one attached hydrogen (secondary N) is 1. The number of fused-ring (bicyclic) bond motifs is 1. The molecule has 5 heteroatoms. The zero-order valence-corrected chi connectivity index (χ0v) is 11.0. The molecule has 1 aliphatic heterocycles. The van der Waals surface area contributed by atoms with Crippen LogP contribution < -0.4 is 20.5 Å². The maximum Gasteiger partial charge on any atom is 0.231 e. The van der Waals surface area contributed by atoms with Crippen LogP contribution in [-0.2, 0) is 0 Å². The molecule has 0 saturated carbocycles. The normalized spacial score (nSPS) is 12.5. The number of ether oxygens (including phenoxy) is 2. The van der Waals surface area contributed by atoms with Crippen LogP contribution in [0, 0.1) is 0 Å². The molecule has 0 saturated heterocycles. The highest BCUT2D eigenvalue weighted by atomic mass is 79.9. The van der Waals surface area contributed by atoms with Crippen molar-refractivity contribution >= 4 is 33.0 Å². The highest BCUT2D eigenvalue weighted by Crippen LogP contribution is 2.36. The van der Waals surface area contributed by atoms with Gasteiger partial charge in [0.2, 0.25) is 6.79 Å². The summed E-state index contributed by atoms with van der Waals surface area (Å²) in [5.41, 5.74) is 8.38. The summed E-state index contributed by atoms with van der Waals surface area (Å²) in [7, 11) is 0. The van der Waals surface area contributed by atoms with Gasteiger partial charge in [-0.25, -0.2) is 0 Å². The molecule has 0 amide bonds. The average Bonchev–Trinajstić information content (AvgIpc) is 2.80. The number of nitrogen functional groups attached to an aromatic ring is 1. The maximum atomic E-state index is 5.93. The first-order valence-corrected chi connectivity index (χ1v) is 6.23. The van der Waals surface area contributed by atoms with Crippen molar-refractivity contribution in [3.05, 3.63) is 40.9 Å². The van der Waals surface area contributed by atoms with Gasteiger partial charge >= 0.3 is 0 Å². The highest BCUT2D eigenvalue weighted by Gasteiger charge is 2.13. The molecule has 1 heterocycles. The molecule has 0 atom stereocenters. The van der Waals surface area contributed by atoms with Crippen LogP contribution in [0.2, 0.25) is 0 Å².